The lowest BCUT2D eigenvalue weighted by Gasteiger charge is -1.93. The number of H-pyrrole nitrogens is 1. The largest absolute Gasteiger partial charge is 0.369 e. The fourth-order valence-electron chi connectivity index (χ4n) is 0.923. The molecular weight excluding hydrogens is 222 g/mol. The zero-order chi connectivity index (χ0) is 12.7. The summed E-state index contributed by atoms with van der Waals surface area (Å²) in [5.74, 6) is -0.472. The number of rotatable bonds is 4. The summed E-state index contributed by atoms with van der Waals surface area (Å²) >= 11 is 0. The van der Waals surface area contributed by atoms with Crippen LogP contribution >= 0.6 is 0 Å². The monoisotopic (exact) mass is 235 g/mol. The van der Waals surface area contributed by atoms with E-state index < -0.39 is 0 Å². The third-order valence-corrected chi connectivity index (χ3v) is 1.51. The second kappa shape index (κ2) is 5.90. The Labute approximate surface area is 97.0 Å². The second-order valence-corrected chi connectivity index (χ2v) is 2.94. The average Bonchev–Trinajstić information content (AvgIpc) is 2.65. The highest BCUT2D eigenvalue weighted by atomic mass is 15.3. The van der Waals surface area contributed by atoms with Gasteiger partial charge in [-0.25, -0.2) is 10.9 Å². The van der Waals surface area contributed by atoms with Crippen LogP contribution in [0.15, 0.2) is 22.3 Å². The van der Waals surface area contributed by atoms with Gasteiger partial charge in [0.15, 0.2) is 0 Å². The summed E-state index contributed by atoms with van der Waals surface area (Å²) in [6, 6.07) is 3.53. The molecule has 90 valence electrons. The van der Waals surface area contributed by atoms with Gasteiger partial charge in [-0.3, -0.25) is 10.8 Å². The lowest BCUT2D eigenvalue weighted by atomic mass is 10.4. The Hall–Kier alpha value is -2.84. The van der Waals surface area contributed by atoms with Crippen LogP contribution in [-0.4, -0.2) is 29.3 Å². The van der Waals surface area contributed by atoms with Gasteiger partial charge in [0.25, 0.3) is 0 Å². The molecule has 0 amide bonds. The highest BCUT2D eigenvalue weighted by molar-refractivity contribution is 5.84. The highest BCUT2D eigenvalue weighted by Gasteiger charge is 1.93. The van der Waals surface area contributed by atoms with Gasteiger partial charge in [-0.15, -0.1) is 0 Å². The first kappa shape index (κ1) is 12.2. The van der Waals surface area contributed by atoms with E-state index in [0.717, 1.165) is 0 Å². The minimum Gasteiger partial charge on any atom is -0.369 e. The van der Waals surface area contributed by atoms with Gasteiger partial charge in [0.1, 0.15) is 0 Å². The number of aromatic amines is 1. The third-order valence-electron chi connectivity index (χ3n) is 1.51. The van der Waals surface area contributed by atoms with Gasteiger partial charge in [0.05, 0.1) is 23.8 Å². The molecular formula is C8H13N9. The van der Waals surface area contributed by atoms with Crippen molar-refractivity contribution >= 4 is 24.3 Å². The predicted molar refractivity (Wildman–Crippen MR) is 66.1 cm³/mol. The van der Waals surface area contributed by atoms with Gasteiger partial charge in [0.2, 0.25) is 11.9 Å². The number of nitrogens with one attached hydrogen (secondary N) is 5. The van der Waals surface area contributed by atoms with Crippen LogP contribution in [0.5, 0.6) is 0 Å². The van der Waals surface area contributed by atoms with Crippen LogP contribution in [0.4, 0.5) is 0 Å². The maximum atomic E-state index is 6.88. The Kier molecular flexibility index (Phi) is 4.25. The Morgan fingerprint density at radius 3 is 1.82 bits per heavy atom. The number of hydrogen-bond donors (Lipinski definition) is 7. The lowest BCUT2D eigenvalue weighted by Crippen LogP contribution is -2.25. The molecule has 0 radical (unpaired) electrons. The Balaban J connectivity index is 2.53. The van der Waals surface area contributed by atoms with Crippen molar-refractivity contribution in [2.24, 2.45) is 21.7 Å². The molecule has 0 fully saturated rings. The minimum absolute atomic E-state index is 0.236. The molecule has 1 aromatic rings. The van der Waals surface area contributed by atoms with Gasteiger partial charge in [-0.05, 0) is 12.1 Å². The predicted octanol–water partition coefficient (Wildman–Crippen LogP) is -1.35. The molecule has 0 aromatic carbocycles. The standard InChI is InChI=1S/C8H13N9/c9-7(10)16-13-3-5-1-2-6(15-5)4-14-17-8(11)12/h1-4,15H,(H4,9,10,16)(H4,11,12,17)/b13-3+,14-4+. The van der Waals surface area contributed by atoms with Crippen molar-refractivity contribution in [2.45, 2.75) is 0 Å². The molecule has 9 nitrogen and oxygen atoms in total. The number of aromatic nitrogens is 1. The Bertz CT molecular complexity index is 415. The van der Waals surface area contributed by atoms with E-state index in [1.54, 1.807) is 12.1 Å². The van der Waals surface area contributed by atoms with Crippen LogP contribution in [-0.2, 0) is 0 Å². The Morgan fingerprint density at radius 2 is 1.47 bits per heavy atom. The quantitative estimate of drug-likeness (QED) is 0.195. The summed E-state index contributed by atoms with van der Waals surface area (Å²) in [5.41, 5.74) is 16.1. The van der Waals surface area contributed by atoms with Crippen LogP contribution in [0.1, 0.15) is 11.4 Å². The molecule has 1 rings (SSSR count). The topological polar surface area (TPSA) is 164 Å². The van der Waals surface area contributed by atoms with E-state index >= 15 is 0 Å². The molecule has 0 unspecified atom stereocenters. The molecule has 0 saturated heterocycles. The molecule has 9 N–H and O–H groups in total. The first-order valence-electron chi connectivity index (χ1n) is 4.53. The fourth-order valence-corrected chi connectivity index (χ4v) is 0.923. The molecule has 1 heterocycles. The van der Waals surface area contributed by atoms with Crippen LogP contribution < -0.4 is 22.3 Å². The maximum absolute atomic E-state index is 6.88. The molecule has 0 atom stereocenters. The van der Waals surface area contributed by atoms with Crippen molar-refractivity contribution in [1.82, 2.24) is 15.8 Å². The van der Waals surface area contributed by atoms with E-state index in [-0.39, 0.29) is 11.9 Å². The van der Waals surface area contributed by atoms with Gasteiger partial charge in [-0.1, -0.05) is 0 Å². The smallest absolute Gasteiger partial charge is 0.206 e. The van der Waals surface area contributed by atoms with Gasteiger partial charge < -0.3 is 16.5 Å². The van der Waals surface area contributed by atoms with Crippen molar-refractivity contribution < 1.29 is 0 Å². The summed E-state index contributed by atoms with van der Waals surface area (Å²) < 4.78 is 0. The lowest BCUT2D eigenvalue weighted by molar-refractivity contribution is 0.998. The second-order valence-electron chi connectivity index (χ2n) is 2.94. The summed E-state index contributed by atoms with van der Waals surface area (Å²) in [5, 5.41) is 21.1. The van der Waals surface area contributed by atoms with Crippen molar-refractivity contribution in [3.8, 4) is 0 Å². The first-order chi connectivity index (χ1) is 8.08. The van der Waals surface area contributed by atoms with Gasteiger partial charge >= 0.3 is 0 Å². The van der Waals surface area contributed by atoms with Gasteiger partial charge in [0, 0.05) is 0 Å². The minimum atomic E-state index is -0.236. The van der Waals surface area contributed by atoms with Gasteiger partial charge in [-0.2, -0.15) is 10.2 Å². The summed E-state index contributed by atoms with van der Waals surface area (Å²) in [7, 11) is 0. The fraction of sp³-hybridized carbons (Fsp3) is 0. The molecule has 9 heteroatoms. The highest BCUT2D eigenvalue weighted by Crippen LogP contribution is 1.96. The molecule has 0 aliphatic rings. The van der Waals surface area contributed by atoms with Crippen molar-refractivity contribution in [1.29, 1.82) is 10.8 Å². The van der Waals surface area contributed by atoms with Crippen LogP contribution in [0.25, 0.3) is 0 Å². The van der Waals surface area contributed by atoms with Crippen LogP contribution in [0, 0.1) is 10.8 Å². The Morgan fingerprint density at radius 1 is 1.06 bits per heavy atom. The number of hydrogen-bond acceptors (Lipinski definition) is 4. The molecule has 0 spiro atoms. The summed E-state index contributed by atoms with van der Waals surface area (Å²) in [6.07, 6.45) is 2.94. The van der Waals surface area contributed by atoms with E-state index in [2.05, 4.69) is 26.0 Å². The van der Waals surface area contributed by atoms with E-state index in [9.17, 15) is 0 Å². The number of guanidine groups is 2. The molecule has 0 aliphatic heterocycles. The van der Waals surface area contributed by atoms with E-state index in [1.165, 1.54) is 12.4 Å². The molecule has 0 bridgehead atoms. The SMILES string of the molecule is N=C(N)N/N=C/c1ccc(/C=N/NC(=N)N)[nH]1. The van der Waals surface area contributed by atoms with Crippen molar-refractivity contribution in [3.05, 3.63) is 23.5 Å². The molecule has 0 saturated carbocycles. The number of hydrazone groups is 2. The normalized spacial score (nSPS) is 10.8. The molecule has 1 aromatic heterocycles. The van der Waals surface area contributed by atoms with Crippen LogP contribution in [0.3, 0.4) is 0 Å². The van der Waals surface area contributed by atoms with E-state index in [1.807, 2.05) is 0 Å². The van der Waals surface area contributed by atoms with E-state index in [4.69, 9.17) is 22.3 Å². The first-order valence-corrected chi connectivity index (χ1v) is 4.53. The van der Waals surface area contributed by atoms with E-state index in [0.29, 0.717) is 11.4 Å². The maximum Gasteiger partial charge on any atom is 0.206 e. The zero-order valence-corrected chi connectivity index (χ0v) is 8.86. The third kappa shape index (κ3) is 4.97. The van der Waals surface area contributed by atoms with Crippen LogP contribution in [0.2, 0.25) is 0 Å². The molecule has 0 aliphatic carbocycles. The van der Waals surface area contributed by atoms with Crippen molar-refractivity contribution in [3.63, 3.8) is 0 Å². The number of nitrogens with zero attached hydrogens (tertiary/aromatic N) is 2. The zero-order valence-electron chi connectivity index (χ0n) is 8.86. The average molecular weight is 235 g/mol. The molecule has 17 heavy (non-hydrogen) atoms. The van der Waals surface area contributed by atoms with Crippen molar-refractivity contribution in [2.75, 3.05) is 0 Å². The summed E-state index contributed by atoms with van der Waals surface area (Å²) in [4.78, 5) is 2.96. The summed E-state index contributed by atoms with van der Waals surface area (Å²) in [6.45, 7) is 0. The number of nitrogens with two attached hydrogens (primary N) is 2.